The van der Waals surface area contributed by atoms with Crippen LogP contribution in [-0.2, 0) is 4.79 Å². The number of benzene rings is 1. The molecule has 1 unspecified atom stereocenters. The van der Waals surface area contributed by atoms with E-state index in [9.17, 15) is 9.59 Å². The number of hydrogen-bond donors (Lipinski definition) is 1. The molecule has 0 bridgehead atoms. The predicted molar refractivity (Wildman–Crippen MR) is 88.8 cm³/mol. The van der Waals surface area contributed by atoms with Crippen molar-refractivity contribution >= 4 is 46.6 Å². The Morgan fingerprint density at radius 2 is 1.91 bits per heavy atom. The standard InChI is InChI=1S/C15H17Cl3N2O2/c1-9(16)15(22)20-6-4-11(5-7-20)19-14(21)12-8-10(17)2-3-13(12)18/h2-3,8-9,11H,4-7H2,1H3,(H,19,21). The zero-order valence-corrected chi connectivity index (χ0v) is 14.4. The van der Waals surface area contributed by atoms with Gasteiger partial charge in [-0.15, -0.1) is 11.6 Å². The van der Waals surface area contributed by atoms with Crippen molar-refractivity contribution in [1.82, 2.24) is 10.2 Å². The van der Waals surface area contributed by atoms with Gasteiger partial charge in [0, 0.05) is 24.2 Å². The van der Waals surface area contributed by atoms with Gasteiger partial charge in [-0.05, 0) is 38.0 Å². The molecule has 0 radical (unpaired) electrons. The summed E-state index contributed by atoms with van der Waals surface area (Å²) in [6, 6.07) is 4.80. The van der Waals surface area contributed by atoms with Gasteiger partial charge in [-0.25, -0.2) is 0 Å². The third-order valence-electron chi connectivity index (χ3n) is 3.66. The molecule has 0 aliphatic carbocycles. The molecular formula is C15H17Cl3N2O2. The van der Waals surface area contributed by atoms with E-state index in [0.29, 0.717) is 41.5 Å². The molecule has 0 saturated carbocycles. The molecule has 22 heavy (non-hydrogen) atoms. The molecule has 1 aliphatic heterocycles. The van der Waals surface area contributed by atoms with E-state index in [4.69, 9.17) is 34.8 Å². The zero-order chi connectivity index (χ0) is 16.3. The van der Waals surface area contributed by atoms with Gasteiger partial charge in [0.25, 0.3) is 5.91 Å². The molecule has 2 rings (SSSR count). The monoisotopic (exact) mass is 362 g/mol. The lowest BCUT2D eigenvalue weighted by Crippen LogP contribution is -2.48. The molecule has 1 atom stereocenters. The number of nitrogens with zero attached hydrogens (tertiary/aromatic N) is 1. The molecule has 1 aromatic rings. The van der Waals surface area contributed by atoms with E-state index in [0.717, 1.165) is 0 Å². The molecular weight excluding hydrogens is 347 g/mol. The van der Waals surface area contributed by atoms with Crippen molar-refractivity contribution in [3.8, 4) is 0 Å². The highest BCUT2D eigenvalue weighted by atomic mass is 35.5. The van der Waals surface area contributed by atoms with Gasteiger partial charge in [0.1, 0.15) is 5.38 Å². The van der Waals surface area contributed by atoms with Crippen LogP contribution in [0, 0.1) is 0 Å². The van der Waals surface area contributed by atoms with Crippen LogP contribution in [0.2, 0.25) is 10.0 Å². The second-order valence-corrected chi connectivity index (χ2v) is 6.81. The van der Waals surface area contributed by atoms with E-state index in [1.54, 1.807) is 30.0 Å². The summed E-state index contributed by atoms with van der Waals surface area (Å²) in [5.74, 6) is -0.313. The van der Waals surface area contributed by atoms with Crippen molar-refractivity contribution in [2.24, 2.45) is 0 Å². The maximum atomic E-state index is 12.3. The minimum absolute atomic E-state index is 0.0113. The van der Waals surface area contributed by atoms with Crippen LogP contribution in [-0.4, -0.2) is 41.2 Å². The second kappa shape index (κ2) is 7.53. The maximum absolute atomic E-state index is 12.3. The van der Waals surface area contributed by atoms with E-state index < -0.39 is 5.38 Å². The normalized spacial score (nSPS) is 17.2. The first-order chi connectivity index (χ1) is 10.4. The van der Waals surface area contributed by atoms with E-state index in [1.165, 1.54) is 0 Å². The molecule has 1 saturated heterocycles. The first-order valence-corrected chi connectivity index (χ1v) is 8.26. The van der Waals surface area contributed by atoms with Gasteiger partial charge < -0.3 is 10.2 Å². The number of hydrogen-bond acceptors (Lipinski definition) is 2. The lowest BCUT2D eigenvalue weighted by atomic mass is 10.0. The Morgan fingerprint density at radius 1 is 1.27 bits per heavy atom. The number of alkyl halides is 1. The Labute approximate surface area is 144 Å². The first-order valence-electron chi connectivity index (χ1n) is 7.07. The summed E-state index contributed by atoms with van der Waals surface area (Å²) in [4.78, 5) is 25.8. The number of nitrogens with one attached hydrogen (secondary N) is 1. The van der Waals surface area contributed by atoms with Crippen molar-refractivity contribution in [2.75, 3.05) is 13.1 Å². The molecule has 1 aromatic carbocycles. The van der Waals surface area contributed by atoms with Crippen LogP contribution in [0.5, 0.6) is 0 Å². The fraction of sp³-hybridized carbons (Fsp3) is 0.467. The summed E-state index contributed by atoms with van der Waals surface area (Å²) < 4.78 is 0. The zero-order valence-electron chi connectivity index (χ0n) is 12.1. The molecule has 0 spiro atoms. The Kier molecular flexibility index (Phi) is 5.95. The Morgan fingerprint density at radius 3 is 2.50 bits per heavy atom. The van der Waals surface area contributed by atoms with Crippen LogP contribution < -0.4 is 5.32 Å². The summed E-state index contributed by atoms with van der Waals surface area (Å²) in [5.41, 5.74) is 0.363. The van der Waals surface area contributed by atoms with Gasteiger partial charge in [0.15, 0.2) is 0 Å². The lowest BCUT2D eigenvalue weighted by Gasteiger charge is -2.33. The molecule has 4 nitrogen and oxygen atoms in total. The van der Waals surface area contributed by atoms with Gasteiger partial charge in [0.05, 0.1) is 10.6 Å². The van der Waals surface area contributed by atoms with Gasteiger partial charge in [-0.2, -0.15) is 0 Å². The van der Waals surface area contributed by atoms with Gasteiger partial charge in [-0.1, -0.05) is 23.2 Å². The van der Waals surface area contributed by atoms with Crippen molar-refractivity contribution in [1.29, 1.82) is 0 Å². The first kappa shape index (κ1) is 17.4. The number of rotatable bonds is 3. The van der Waals surface area contributed by atoms with E-state index in [-0.39, 0.29) is 17.9 Å². The Balaban J connectivity index is 1.92. The van der Waals surface area contributed by atoms with Crippen LogP contribution in [0.1, 0.15) is 30.1 Å². The quantitative estimate of drug-likeness (QED) is 0.837. The Hall–Kier alpha value is -0.970. The van der Waals surface area contributed by atoms with Crippen LogP contribution in [0.25, 0.3) is 0 Å². The molecule has 120 valence electrons. The number of piperidine rings is 1. The largest absolute Gasteiger partial charge is 0.349 e. The minimum Gasteiger partial charge on any atom is -0.349 e. The Bertz CT molecular complexity index is 570. The number of amides is 2. The molecule has 2 amide bonds. The van der Waals surface area contributed by atoms with Crippen molar-refractivity contribution in [3.63, 3.8) is 0 Å². The van der Waals surface area contributed by atoms with Crippen LogP contribution >= 0.6 is 34.8 Å². The maximum Gasteiger partial charge on any atom is 0.253 e. The third kappa shape index (κ3) is 4.28. The van der Waals surface area contributed by atoms with Gasteiger partial charge in [0.2, 0.25) is 5.91 Å². The van der Waals surface area contributed by atoms with E-state index >= 15 is 0 Å². The van der Waals surface area contributed by atoms with Crippen LogP contribution in [0.3, 0.4) is 0 Å². The fourth-order valence-corrected chi connectivity index (χ4v) is 2.94. The van der Waals surface area contributed by atoms with Crippen molar-refractivity contribution in [3.05, 3.63) is 33.8 Å². The summed E-state index contributed by atoms with van der Waals surface area (Å²) in [6.45, 7) is 2.84. The van der Waals surface area contributed by atoms with Crippen LogP contribution in [0.15, 0.2) is 18.2 Å². The molecule has 0 aromatic heterocycles. The second-order valence-electron chi connectivity index (χ2n) is 5.31. The van der Waals surface area contributed by atoms with Gasteiger partial charge in [-0.3, -0.25) is 9.59 Å². The number of carbonyl (C=O) groups excluding carboxylic acids is 2. The number of likely N-dealkylation sites (tertiary alicyclic amines) is 1. The molecule has 1 aliphatic rings. The molecule has 1 N–H and O–H groups in total. The highest BCUT2D eigenvalue weighted by molar-refractivity contribution is 6.35. The fourth-order valence-electron chi connectivity index (χ4n) is 2.43. The predicted octanol–water partition coefficient (Wildman–Crippen LogP) is 3.34. The average Bonchev–Trinajstić information content (AvgIpc) is 2.49. The highest BCUT2D eigenvalue weighted by Crippen LogP contribution is 2.21. The summed E-state index contributed by atoms with van der Waals surface area (Å²) >= 11 is 17.7. The van der Waals surface area contributed by atoms with Crippen LogP contribution in [0.4, 0.5) is 0 Å². The molecule has 1 fully saturated rings. The lowest BCUT2D eigenvalue weighted by molar-refractivity contribution is -0.131. The highest BCUT2D eigenvalue weighted by Gasteiger charge is 2.26. The smallest absolute Gasteiger partial charge is 0.253 e. The van der Waals surface area contributed by atoms with E-state index in [2.05, 4.69) is 5.32 Å². The number of carbonyl (C=O) groups is 2. The van der Waals surface area contributed by atoms with E-state index in [1.807, 2.05) is 0 Å². The van der Waals surface area contributed by atoms with Crippen molar-refractivity contribution < 1.29 is 9.59 Å². The molecule has 1 heterocycles. The minimum atomic E-state index is -0.517. The summed E-state index contributed by atoms with van der Waals surface area (Å²) in [7, 11) is 0. The topological polar surface area (TPSA) is 49.4 Å². The summed E-state index contributed by atoms with van der Waals surface area (Å²) in [5, 5.41) is 3.25. The summed E-state index contributed by atoms with van der Waals surface area (Å²) in [6.07, 6.45) is 1.39. The number of halogens is 3. The van der Waals surface area contributed by atoms with Crippen molar-refractivity contribution in [2.45, 2.75) is 31.2 Å². The third-order valence-corrected chi connectivity index (χ3v) is 4.41. The average molecular weight is 364 g/mol. The molecule has 7 heteroatoms. The van der Waals surface area contributed by atoms with Gasteiger partial charge >= 0.3 is 0 Å². The SMILES string of the molecule is CC(Cl)C(=O)N1CCC(NC(=O)c2cc(Cl)ccc2Cl)CC1.